The maximum absolute atomic E-state index is 12.4. The van der Waals surface area contributed by atoms with Crippen LogP contribution in [0, 0.1) is 6.92 Å². The van der Waals surface area contributed by atoms with Crippen molar-refractivity contribution in [1.82, 2.24) is 4.72 Å². The highest BCUT2D eigenvalue weighted by Gasteiger charge is 2.28. The van der Waals surface area contributed by atoms with Gasteiger partial charge >= 0.3 is 0 Å². The van der Waals surface area contributed by atoms with Gasteiger partial charge in [-0.3, -0.25) is 0 Å². The Balaban J connectivity index is 2.24. The third-order valence-electron chi connectivity index (χ3n) is 3.45. The Morgan fingerprint density at radius 2 is 2.20 bits per heavy atom. The number of hydrogen-bond acceptors (Lipinski definition) is 4. The van der Waals surface area contributed by atoms with E-state index in [1.165, 1.54) is 6.07 Å². The summed E-state index contributed by atoms with van der Waals surface area (Å²) >= 11 is 3.29. The van der Waals surface area contributed by atoms with Gasteiger partial charge in [0, 0.05) is 22.8 Å². The van der Waals surface area contributed by atoms with E-state index in [1.807, 2.05) is 6.92 Å². The van der Waals surface area contributed by atoms with Crippen LogP contribution >= 0.6 is 15.9 Å². The molecule has 1 aromatic carbocycles. The molecule has 2 unspecified atom stereocenters. The van der Waals surface area contributed by atoms with E-state index in [0.29, 0.717) is 22.3 Å². The fraction of sp³-hybridized carbons (Fsp3) is 0.538. The molecule has 2 rings (SSSR count). The first-order valence-corrected chi connectivity index (χ1v) is 8.78. The molecular formula is C13H19BrN2O3S. The van der Waals surface area contributed by atoms with Crippen LogP contribution in [0.2, 0.25) is 0 Å². The van der Waals surface area contributed by atoms with Crippen LogP contribution in [0.15, 0.2) is 21.5 Å². The van der Waals surface area contributed by atoms with Gasteiger partial charge in [0.1, 0.15) is 0 Å². The zero-order valence-corrected chi connectivity index (χ0v) is 13.9. The average Bonchev–Trinajstić information content (AvgIpc) is 2.86. The first kappa shape index (κ1) is 15.8. The molecule has 2 atom stereocenters. The number of nitrogens with one attached hydrogen (secondary N) is 1. The van der Waals surface area contributed by atoms with Gasteiger partial charge in [0.25, 0.3) is 0 Å². The van der Waals surface area contributed by atoms with Crippen LogP contribution in [0.25, 0.3) is 0 Å². The van der Waals surface area contributed by atoms with Gasteiger partial charge < -0.3 is 10.5 Å². The highest BCUT2D eigenvalue weighted by atomic mass is 79.9. The third-order valence-corrected chi connectivity index (χ3v) is 5.84. The molecule has 1 fully saturated rings. The van der Waals surface area contributed by atoms with Gasteiger partial charge in [-0.2, -0.15) is 0 Å². The third kappa shape index (κ3) is 3.33. The van der Waals surface area contributed by atoms with Crippen molar-refractivity contribution in [1.29, 1.82) is 0 Å². The molecule has 0 bridgehead atoms. The number of nitrogen functional groups attached to an aromatic ring is 1. The molecule has 1 saturated heterocycles. The van der Waals surface area contributed by atoms with Gasteiger partial charge in [-0.25, -0.2) is 13.1 Å². The number of halogens is 1. The molecule has 1 aliphatic rings. The predicted octanol–water partition coefficient (Wildman–Crippen LogP) is 2.19. The lowest BCUT2D eigenvalue weighted by Crippen LogP contribution is -2.41. The van der Waals surface area contributed by atoms with Crippen molar-refractivity contribution in [3.05, 3.63) is 22.2 Å². The fourth-order valence-electron chi connectivity index (χ4n) is 2.34. The molecule has 0 spiro atoms. The lowest BCUT2D eigenvalue weighted by atomic mass is 10.1. The molecule has 1 aliphatic heterocycles. The average molecular weight is 363 g/mol. The molecule has 0 aromatic heterocycles. The van der Waals surface area contributed by atoms with Crippen LogP contribution in [0.1, 0.15) is 25.3 Å². The van der Waals surface area contributed by atoms with E-state index in [2.05, 4.69) is 20.7 Å². The predicted molar refractivity (Wildman–Crippen MR) is 82.0 cm³/mol. The van der Waals surface area contributed by atoms with Crippen molar-refractivity contribution in [3.63, 3.8) is 0 Å². The normalized spacial score (nSPS) is 21.1. The maximum Gasteiger partial charge on any atom is 0.241 e. The second kappa shape index (κ2) is 6.01. The smallest absolute Gasteiger partial charge is 0.241 e. The van der Waals surface area contributed by atoms with Crippen molar-refractivity contribution in [2.75, 3.05) is 12.3 Å². The summed E-state index contributed by atoms with van der Waals surface area (Å²) < 4.78 is 33.8. The molecular weight excluding hydrogens is 344 g/mol. The molecule has 1 aromatic rings. The van der Waals surface area contributed by atoms with Crippen LogP contribution in [0.4, 0.5) is 5.69 Å². The van der Waals surface area contributed by atoms with E-state index >= 15 is 0 Å². The summed E-state index contributed by atoms with van der Waals surface area (Å²) in [5.74, 6) is 0. The SMILES string of the molecule is Cc1cc(Br)c(N)cc1S(=O)(=O)NC(C)C1CCCO1. The van der Waals surface area contributed by atoms with Crippen molar-refractivity contribution >= 4 is 31.6 Å². The minimum absolute atomic E-state index is 0.0575. The molecule has 20 heavy (non-hydrogen) atoms. The number of anilines is 1. The summed E-state index contributed by atoms with van der Waals surface area (Å²) in [6.07, 6.45) is 1.80. The molecule has 0 saturated carbocycles. The number of sulfonamides is 1. The van der Waals surface area contributed by atoms with Gasteiger partial charge in [-0.1, -0.05) is 0 Å². The number of benzene rings is 1. The van der Waals surface area contributed by atoms with E-state index < -0.39 is 10.0 Å². The second-order valence-electron chi connectivity index (χ2n) is 5.10. The Bertz CT molecular complexity index is 598. The number of rotatable bonds is 4. The zero-order chi connectivity index (χ0) is 14.9. The van der Waals surface area contributed by atoms with Gasteiger partial charge in [-0.15, -0.1) is 0 Å². The number of aryl methyl sites for hydroxylation is 1. The first-order valence-electron chi connectivity index (χ1n) is 6.51. The Kier molecular flexibility index (Phi) is 4.73. The van der Waals surface area contributed by atoms with Gasteiger partial charge in [0.05, 0.1) is 11.0 Å². The van der Waals surface area contributed by atoms with Crippen molar-refractivity contribution in [3.8, 4) is 0 Å². The van der Waals surface area contributed by atoms with Crippen molar-refractivity contribution in [2.24, 2.45) is 0 Å². The summed E-state index contributed by atoms with van der Waals surface area (Å²) in [5, 5.41) is 0. The lowest BCUT2D eigenvalue weighted by molar-refractivity contribution is 0.0902. The van der Waals surface area contributed by atoms with Crippen molar-refractivity contribution < 1.29 is 13.2 Å². The number of nitrogens with two attached hydrogens (primary N) is 1. The highest BCUT2D eigenvalue weighted by Crippen LogP contribution is 2.27. The van der Waals surface area contributed by atoms with Gasteiger partial charge in [-0.05, 0) is 60.3 Å². The fourth-order valence-corrected chi connectivity index (χ4v) is 4.33. The summed E-state index contributed by atoms with van der Waals surface area (Å²) in [5.41, 5.74) is 6.83. The maximum atomic E-state index is 12.4. The van der Waals surface area contributed by atoms with E-state index in [4.69, 9.17) is 10.5 Å². The van der Waals surface area contributed by atoms with Crippen LogP contribution < -0.4 is 10.5 Å². The Morgan fingerprint density at radius 1 is 1.50 bits per heavy atom. The summed E-state index contributed by atoms with van der Waals surface area (Å²) in [6.45, 7) is 4.27. The number of ether oxygens (including phenoxy) is 1. The van der Waals surface area contributed by atoms with Crippen LogP contribution in [-0.2, 0) is 14.8 Å². The molecule has 112 valence electrons. The summed E-state index contributed by atoms with van der Waals surface area (Å²) in [4.78, 5) is 0.211. The van der Waals surface area contributed by atoms with Crippen LogP contribution in [0.5, 0.6) is 0 Å². The Hall–Kier alpha value is -0.630. The molecule has 1 heterocycles. The quantitative estimate of drug-likeness (QED) is 0.804. The first-order chi connectivity index (χ1) is 9.31. The topological polar surface area (TPSA) is 81.4 Å². The molecule has 0 amide bonds. The minimum Gasteiger partial charge on any atom is -0.398 e. The summed E-state index contributed by atoms with van der Waals surface area (Å²) in [7, 11) is -3.60. The van der Waals surface area contributed by atoms with Gasteiger partial charge in [0.15, 0.2) is 0 Å². The van der Waals surface area contributed by atoms with Gasteiger partial charge in [0.2, 0.25) is 10.0 Å². The largest absolute Gasteiger partial charge is 0.398 e. The Labute approximate surface area is 128 Å². The lowest BCUT2D eigenvalue weighted by Gasteiger charge is -2.20. The monoisotopic (exact) mass is 362 g/mol. The molecule has 3 N–H and O–H groups in total. The molecule has 5 nitrogen and oxygen atoms in total. The van der Waals surface area contributed by atoms with Crippen molar-refractivity contribution in [2.45, 2.75) is 43.7 Å². The standard InChI is InChI=1S/C13H19BrN2O3S/c1-8-6-10(14)11(15)7-13(8)20(17,18)16-9(2)12-4-3-5-19-12/h6-7,9,12,16H,3-5,15H2,1-2H3. The minimum atomic E-state index is -3.60. The zero-order valence-electron chi connectivity index (χ0n) is 11.5. The van der Waals surface area contributed by atoms with E-state index in [9.17, 15) is 8.42 Å². The Morgan fingerprint density at radius 3 is 2.80 bits per heavy atom. The van der Waals surface area contributed by atoms with Crippen LogP contribution in [-0.4, -0.2) is 27.2 Å². The highest BCUT2D eigenvalue weighted by molar-refractivity contribution is 9.10. The number of hydrogen-bond donors (Lipinski definition) is 2. The van der Waals surface area contributed by atoms with E-state index in [1.54, 1.807) is 13.0 Å². The molecule has 0 aliphatic carbocycles. The molecule has 0 radical (unpaired) electrons. The van der Waals surface area contributed by atoms with Crippen LogP contribution in [0.3, 0.4) is 0 Å². The second-order valence-corrected chi connectivity index (χ2v) is 7.64. The van der Waals surface area contributed by atoms with E-state index in [0.717, 1.165) is 12.8 Å². The summed E-state index contributed by atoms with van der Waals surface area (Å²) in [6, 6.07) is 2.93. The molecule has 7 heteroatoms. The van der Waals surface area contributed by atoms with E-state index in [-0.39, 0.29) is 17.0 Å².